The lowest BCUT2D eigenvalue weighted by molar-refractivity contribution is -0.136. The summed E-state index contributed by atoms with van der Waals surface area (Å²) in [5.41, 5.74) is 7.50. The summed E-state index contributed by atoms with van der Waals surface area (Å²) in [6.07, 6.45) is -0.0892. The zero-order chi connectivity index (χ0) is 15.2. The van der Waals surface area contributed by atoms with E-state index in [9.17, 15) is 9.18 Å². The Morgan fingerprint density at radius 3 is 2.52 bits per heavy atom. The van der Waals surface area contributed by atoms with E-state index in [-0.39, 0.29) is 25.3 Å². The Labute approximate surface area is 122 Å². The van der Waals surface area contributed by atoms with E-state index in [1.165, 1.54) is 12.1 Å². The molecule has 0 bridgehead atoms. The Kier molecular flexibility index (Phi) is 4.90. The van der Waals surface area contributed by atoms with Crippen LogP contribution in [0.25, 0.3) is 0 Å². The molecule has 0 aliphatic carbocycles. The number of hydrogen-bond donors (Lipinski definition) is 2. The second kappa shape index (κ2) is 6.85. The number of ether oxygens (including phenoxy) is 1. The first-order valence-electron chi connectivity index (χ1n) is 6.50. The molecule has 0 spiro atoms. The molecular weight excluding hydrogens is 273 g/mol. The minimum Gasteiger partial charge on any atom is -0.486 e. The van der Waals surface area contributed by atoms with Crippen LogP contribution in [0, 0.1) is 5.82 Å². The molecule has 0 unspecified atom stereocenters. The lowest BCUT2D eigenvalue weighted by atomic mass is 10.1. The van der Waals surface area contributed by atoms with Crippen molar-refractivity contribution < 1.29 is 19.0 Å². The molecule has 0 aromatic heterocycles. The molecule has 0 fully saturated rings. The molecule has 0 heterocycles. The number of nitrogens with two attached hydrogens (primary N) is 1. The van der Waals surface area contributed by atoms with Crippen LogP contribution in [0.5, 0.6) is 5.75 Å². The quantitative estimate of drug-likeness (QED) is 0.857. The average molecular weight is 289 g/mol. The summed E-state index contributed by atoms with van der Waals surface area (Å²) in [5, 5.41) is 8.87. The molecule has 0 amide bonds. The standard InChI is InChI=1S/C16H16FNO3/c17-14-7-11(9-18)5-6-15(14)21-10-13-4-2-1-3-12(13)8-16(19)20/h1-7H,8-10,18H2,(H,19,20). The van der Waals surface area contributed by atoms with Crippen LogP contribution in [0.15, 0.2) is 42.5 Å². The van der Waals surface area contributed by atoms with Gasteiger partial charge in [0.25, 0.3) is 0 Å². The first-order chi connectivity index (χ1) is 10.1. The van der Waals surface area contributed by atoms with Crippen LogP contribution in [-0.4, -0.2) is 11.1 Å². The SMILES string of the molecule is NCc1ccc(OCc2ccccc2CC(=O)O)c(F)c1. The van der Waals surface area contributed by atoms with Crippen LogP contribution in [0.4, 0.5) is 4.39 Å². The van der Waals surface area contributed by atoms with Crippen molar-refractivity contribution in [2.75, 3.05) is 0 Å². The lowest BCUT2D eigenvalue weighted by Gasteiger charge is -2.11. The molecule has 2 aromatic carbocycles. The smallest absolute Gasteiger partial charge is 0.307 e. The molecule has 0 atom stereocenters. The van der Waals surface area contributed by atoms with Gasteiger partial charge in [-0.05, 0) is 28.8 Å². The van der Waals surface area contributed by atoms with Crippen molar-refractivity contribution in [3.8, 4) is 5.75 Å². The summed E-state index contributed by atoms with van der Waals surface area (Å²) in [5.74, 6) is -1.27. The zero-order valence-corrected chi connectivity index (χ0v) is 11.4. The Morgan fingerprint density at radius 2 is 1.90 bits per heavy atom. The van der Waals surface area contributed by atoms with Crippen molar-refractivity contribution in [2.24, 2.45) is 5.73 Å². The van der Waals surface area contributed by atoms with E-state index in [0.717, 1.165) is 5.56 Å². The van der Waals surface area contributed by atoms with Gasteiger partial charge in [0.05, 0.1) is 6.42 Å². The van der Waals surface area contributed by atoms with Crippen molar-refractivity contribution >= 4 is 5.97 Å². The van der Waals surface area contributed by atoms with E-state index < -0.39 is 11.8 Å². The van der Waals surface area contributed by atoms with Gasteiger partial charge in [-0.3, -0.25) is 4.79 Å². The van der Waals surface area contributed by atoms with Crippen molar-refractivity contribution in [3.05, 3.63) is 65.0 Å². The highest BCUT2D eigenvalue weighted by Gasteiger charge is 2.09. The normalized spacial score (nSPS) is 10.4. The third kappa shape index (κ3) is 4.03. The number of halogens is 1. The van der Waals surface area contributed by atoms with Crippen LogP contribution < -0.4 is 10.5 Å². The van der Waals surface area contributed by atoms with Crippen molar-refractivity contribution in [1.82, 2.24) is 0 Å². The first kappa shape index (κ1) is 15.0. The highest BCUT2D eigenvalue weighted by Crippen LogP contribution is 2.20. The summed E-state index contributed by atoms with van der Waals surface area (Å²) in [6.45, 7) is 0.376. The fourth-order valence-electron chi connectivity index (χ4n) is 1.98. The monoisotopic (exact) mass is 289 g/mol. The molecule has 0 aliphatic heterocycles. The summed E-state index contributed by atoms with van der Waals surface area (Å²) >= 11 is 0. The summed E-state index contributed by atoms with van der Waals surface area (Å²) in [6, 6.07) is 11.6. The van der Waals surface area contributed by atoms with Gasteiger partial charge < -0.3 is 15.6 Å². The largest absolute Gasteiger partial charge is 0.486 e. The molecule has 0 saturated heterocycles. The number of carboxylic acids is 1. The molecule has 2 aromatic rings. The zero-order valence-electron chi connectivity index (χ0n) is 11.4. The van der Waals surface area contributed by atoms with Crippen LogP contribution in [0.1, 0.15) is 16.7 Å². The van der Waals surface area contributed by atoms with Crippen LogP contribution in [0.2, 0.25) is 0 Å². The fourth-order valence-corrected chi connectivity index (χ4v) is 1.98. The molecule has 0 saturated carbocycles. The van der Waals surface area contributed by atoms with Crippen molar-refractivity contribution in [3.63, 3.8) is 0 Å². The van der Waals surface area contributed by atoms with Crippen LogP contribution in [0.3, 0.4) is 0 Å². The van der Waals surface area contributed by atoms with Crippen LogP contribution >= 0.6 is 0 Å². The molecule has 3 N–H and O–H groups in total. The minimum atomic E-state index is -0.916. The maximum absolute atomic E-state index is 13.8. The van der Waals surface area contributed by atoms with Crippen LogP contribution in [-0.2, 0) is 24.4 Å². The number of carboxylic acid groups (broad SMARTS) is 1. The number of hydrogen-bond acceptors (Lipinski definition) is 3. The third-order valence-electron chi connectivity index (χ3n) is 3.08. The summed E-state index contributed by atoms with van der Waals surface area (Å²) in [4.78, 5) is 10.8. The van der Waals surface area contributed by atoms with E-state index in [2.05, 4.69) is 0 Å². The second-order valence-corrected chi connectivity index (χ2v) is 4.60. The molecule has 0 radical (unpaired) electrons. The molecular formula is C16H16FNO3. The fraction of sp³-hybridized carbons (Fsp3) is 0.188. The highest BCUT2D eigenvalue weighted by atomic mass is 19.1. The van der Waals surface area contributed by atoms with Gasteiger partial charge >= 0.3 is 5.97 Å². The summed E-state index contributed by atoms with van der Waals surface area (Å²) in [7, 11) is 0. The van der Waals surface area contributed by atoms with Crippen molar-refractivity contribution in [2.45, 2.75) is 19.6 Å². The number of rotatable bonds is 6. The van der Waals surface area contributed by atoms with Gasteiger partial charge in [-0.2, -0.15) is 0 Å². The third-order valence-corrected chi connectivity index (χ3v) is 3.08. The maximum atomic E-state index is 13.8. The molecule has 5 heteroatoms. The van der Waals surface area contributed by atoms with E-state index in [1.807, 2.05) is 0 Å². The first-order valence-corrected chi connectivity index (χ1v) is 6.50. The summed E-state index contributed by atoms with van der Waals surface area (Å²) < 4.78 is 19.2. The predicted octanol–water partition coefficient (Wildman–Crippen LogP) is 2.49. The van der Waals surface area contributed by atoms with Gasteiger partial charge in [-0.1, -0.05) is 30.3 Å². The van der Waals surface area contributed by atoms with Gasteiger partial charge in [-0.15, -0.1) is 0 Å². The lowest BCUT2D eigenvalue weighted by Crippen LogP contribution is -2.06. The Morgan fingerprint density at radius 1 is 1.19 bits per heavy atom. The van der Waals surface area contributed by atoms with Crippen molar-refractivity contribution in [1.29, 1.82) is 0 Å². The van der Waals surface area contributed by atoms with E-state index in [4.69, 9.17) is 15.6 Å². The average Bonchev–Trinajstić information content (AvgIpc) is 2.46. The van der Waals surface area contributed by atoms with Gasteiger partial charge in [-0.25, -0.2) is 4.39 Å². The van der Waals surface area contributed by atoms with Gasteiger partial charge in [0.15, 0.2) is 11.6 Å². The van der Waals surface area contributed by atoms with E-state index >= 15 is 0 Å². The maximum Gasteiger partial charge on any atom is 0.307 e. The number of benzene rings is 2. The van der Waals surface area contributed by atoms with Gasteiger partial charge in [0.2, 0.25) is 0 Å². The Balaban J connectivity index is 2.11. The number of aliphatic carboxylic acids is 1. The van der Waals surface area contributed by atoms with Gasteiger partial charge in [0.1, 0.15) is 6.61 Å². The topological polar surface area (TPSA) is 72.5 Å². The highest BCUT2D eigenvalue weighted by molar-refractivity contribution is 5.70. The molecule has 0 aliphatic rings. The molecule has 2 rings (SSSR count). The Bertz CT molecular complexity index is 643. The predicted molar refractivity (Wildman–Crippen MR) is 76.4 cm³/mol. The molecule has 110 valence electrons. The molecule has 21 heavy (non-hydrogen) atoms. The van der Waals surface area contributed by atoms with E-state index in [0.29, 0.717) is 11.1 Å². The minimum absolute atomic E-state index is 0.0892. The second-order valence-electron chi connectivity index (χ2n) is 4.60. The van der Waals surface area contributed by atoms with Gasteiger partial charge in [0, 0.05) is 6.54 Å². The molecule has 4 nitrogen and oxygen atoms in total. The van der Waals surface area contributed by atoms with E-state index in [1.54, 1.807) is 30.3 Å². The Hall–Kier alpha value is -2.40. The number of carbonyl (C=O) groups is 1.